The maximum absolute atomic E-state index is 13.3. The van der Waals surface area contributed by atoms with Crippen LogP contribution in [0.15, 0.2) is 42.5 Å². The van der Waals surface area contributed by atoms with Crippen LogP contribution in [0, 0.1) is 20.8 Å². The molecule has 0 saturated carbocycles. The van der Waals surface area contributed by atoms with Gasteiger partial charge in [-0.05, 0) is 70.7 Å². The number of hydrogen-bond donors (Lipinski definition) is 1. The number of hydrogen-bond acceptors (Lipinski definition) is 4. The average molecular weight is 502 g/mol. The summed E-state index contributed by atoms with van der Waals surface area (Å²) in [5, 5.41) is 2.88. The Balaban J connectivity index is 2.20. The van der Waals surface area contributed by atoms with E-state index < -0.39 is 16.1 Å². The Kier molecular flexibility index (Phi) is 9.89. The van der Waals surface area contributed by atoms with E-state index in [1.807, 2.05) is 71.0 Å². The second-order valence-electron chi connectivity index (χ2n) is 9.50. The minimum absolute atomic E-state index is 0.0397. The lowest BCUT2D eigenvalue weighted by molar-refractivity contribution is -0.140. The minimum Gasteiger partial charge on any atom is -0.352 e. The van der Waals surface area contributed by atoms with Gasteiger partial charge in [-0.1, -0.05) is 42.0 Å². The maximum atomic E-state index is 13.3. The first-order valence-corrected chi connectivity index (χ1v) is 13.9. The number of rotatable bonds is 11. The lowest BCUT2D eigenvalue weighted by atomic mass is 10.1. The molecule has 0 aliphatic rings. The van der Waals surface area contributed by atoms with Gasteiger partial charge in [-0.3, -0.25) is 13.9 Å². The quantitative estimate of drug-likeness (QED) is 0.502. The van der Waals surface area contributed by atoms with Crippen molar-refractivity contribution in [2.45, 2.75) is 73.0 Å². The summed E-state index contributed by atoms with van der Waals surface area (Å²) in [6.45, 7) is 11.8. The van der Waals surface area contributed by atoms with Crippen molar-refractivity contribution < 1.29 is 18.0 Å². The molecule has 0 aliphatic heterocycles. The summed E-state index contributed by atoms with van der Waals surface area (Å²) in [4.78, 5) is 27.6. The smallest absolute Gasteiger partial charge is 0.242 e. The number of anilines is 1. The Morgan fingerprint density at radius 1 is 0.971 bits per heavy atom. The third-order valence-corrected chi connectivity index (χ3v) is 7.25. The van der Waals surface area contributed by atoms with Crippen LogP contribution >= 0.6 is 0 Å². The van der Waals surface area contributed by atoms with Gasteiger partial charge in [0.1, 0.15) is 6.04 Å². The van der Waals surface area contributed by atoms with Crippen molar-refractivity contribution in [2.75, 3.05) is 17.1 Å². The normalized spacial score (nSPS) is 12.3. The number of carbonyl (C=O) groups excluding carboxylic acids is 2. The maximum Gasteiger partial charge on any atom is 0.242 e. The molecule has 7 nitrogen and oxygen atoms in total. The van der Waals surface area contributed by atoms with Crippen LogP contribution in [-0.2, 0) is 26.2 Å². The van der Waals surface area contributed by atoms with Crippen molar-refractivity contribution in [2.24, 2.45) is 0 Å². The Labute approximate surface area is 210 Å². The predicted molar refractivity (Wildman–Crippen MR) is 142 cm³/mol. The Hall–Kier alpha value is -2.87. The number of aryl methyl sites for hydroxylation is 2. The zero-order valence-corrected chi connectivity index (χ0v) is 22.8. The highest BCUT2D eigenvalue weighted by atomic mass is 32.2. The SMILES string of the molecule is Cc1ccc(CN(C(=O)CCCN(c2cccc(C)c2C)S(C)(=O)=O)C(C)C(=O)NC(C)C)cc1. The van der Waals surface area contributed by atoms with E-state index in [4.69, 9.17) is 0 Å². The number of nitrogens with one attached hydrogen (secondary N) is 1. The second kappa shape index (κ2) is 12.2. The third-order valence-electron chi connectivity index (χ3n) is 6.07. The molecule has 2 amide bonds. The topological polar surface area (TPSA) is 86.8 Å². The van der Waals surface area contributed by atoms with Gasteiger partial charge >= 0.3 is 0 Å². The first-order chi connectivity index (χ1) is 16.3. The first kappa shape index (κ1) is 28.4. The minimum atomic E-state index is -3.53. The van der Waals surface area contributed by atoms with E-state index in [1.165, 1.54) is 10.6 Å². The molecular weight excluding hydrogens is 462 g/mol. The van der Waals surface area contributed by atoms with E-state index in [-0.39, 0.29) is 30.8 Å². The second-order valence-corrected chi connectivity index (χ2v) is 11.4. The van der Waals surface area contributed by atoms with Gasteiger partial charge in [0.05, 0.1) is 11.9 Å². The van der Waals surface area contributed by atoms with Crippen molar-refractivity contribution >= 4 is 27.5 Å². The fourth-order valence-electron chi connectivity index (χ4n) is 3.87. The van der Waals surface area contributed by atoms with E-state index >= 15 is 0 Å². The molecule has 0 radical (unpaired) electrons. The molecule has 0 fully saturated rings. The lowest BCUT2D eigenvalue weighted by Gasteiger charge is -2.30. The van der Waals surface area contributed by atoms with Crippen molar-refractivity contribution in [3.8, 4) is 0 Å². The Morgan fingerprint density at radius 3 is 2.17 bits per heavy atom. The molecule has 8 heteroatoms. The molecule has 0 bridgehead atoms. The van der Waals surface area contributed by atoms with Crippen LogP contribution in [-0.4, -0.2) is 50.0 Å². The standard InChI is InChI=1S/C27H39N3O4S/c1-19(2)28-27(32)23(6)29(18-24-15-13-20(3)14-16-24)26(31)12-9-17-30(35(7,33)34)25-11-8-10-21(4)22(25)5/h8,10-11,13-16,19,23H,9,12,17-18H2,1-7H3,(H,28,32). The summed E-state index contributed by atoms with van der Waals surface area (Å²) in [6.07, 6.45) is 1.64. The van der Waals surface area contributed by atoms with E-state index in [2.05, 4.69) is 5.32 Å². The largest absolute Gasteiger partial charge is 0.352 e. The van der Waals surface area contributed by atoms with E-state index in [9.17, 15) is 18.0 Å². The number of carbonyl (C=O) groups is 2. The molecule has 0 aliphatic carbocycles. The van der Waals surface area contributed by atoms with Crippen molar-refractivity contribution in [1.82, 2.24) is 10.2 Å². The number of nitrogens with zero attached hydrogens (tertiary/aromatic N) is 2. The van der Waals surface area contributed by atoms with Crippen LogP contribution in [0.2, 0.25) is 0 Å². The van der Waals surface area contributed by atoms with E-state index in [0.717, 1.165) is 22.3 Å². The monoisotopic (exact) mass is 501 g/mol. The van der Waals surface area contributed by atoms with Crippen LogP contribution in [0.5, 0.6) is 0 Å². The molecule has 2 rings (SSSR count). The molecular formula is C27H39N3O4S. The fourth-order valence-corrected chi connectivity index (χ4v) is 4.88. The summed E-state index contributed by atoms with van der Waals surface area (Å²) >= 11 is 0. The van der Waals surface area contributed by atoms with Gasteiger partial charge in [-0.25, -0.2) is 8.42 Å². The van der Waals surface area contributed by atoms with Gasteiger partial charge in [0.2, 0.25) is 21.8 Å². The first-order valence-electron chi connectivity index (χ1n) is 12.0. The lowest BCUT2D eigenvalue weighted by Crippen LogP contribution is -2.49. The van der Waals surface area contributed by atoms with Gasteiger partial charge in [-0.15, -0.1) is 0 Å². The van der Waals surface area contributed by atoms with Crippen LogP contribution in [0.3, 0.4) is 0 Å². The van der Waals surface area contributed by atoms with Gasteiger partial charge in [-0.2, -0.15) is 0 Å². The average Bonchev–Trinajstić information content (AvgIpc) is 2.76. The molecule has 2 aromatic rings. The Bertz CT molecular complexity index is 1130. The summed E-state index contributed by atoms with van der Waals surface area (Å²) in [6, 6.07) is 12.7. The molecule has 192 valence electrons. The Morgan fingerprint density at radius 2 is 1.60 bits per heavy atom. The number of sulfonamides is 1. The van der Waals surface area contributed by atoms with Gasteiger partial charge in [0.25, 0.3) is 0 Å². The number of benzene rings is 2. The van der Waals surface area contributed by atoms with Crippen LogP contribution in [0.1, 0.15) is 55.9 Å². The zero-order chi connectivity index (χ0) is 26.3. The molecule has 1 atom stereocenters. The van der Waals surface area contributed by atoms with E-state index in [1.54, 1.807) is 17.9 Å². The highest BCUT2D eigenvalue weighted by Crippen LogP contribution is 2.25. The summed E-state index contributed by atoms with van der Waals surface area (Å²) in [7, 11) is -3.53. The summed E-state index contributed by atoms with van der Waals surface area (Å²) in [5.74, 6) is -0.403. The molecule has 1 N–H and O–H groups in total. The predicted octanol–water partition coefficient (Wildman–Crippen LogP) is 4.10. The molecule has 2 aromatic carbocycles. The van der Waals surface area contributed by atoms with Crippen molar-refractivity contribution in [3.05, 3.63) is 64.7 Å². The van der Waals surface area contributed by atoms with Crippen molar-refractivity contribution in [3.63, 3.8) is 0 Å². The molecule has 0 heterocycles. The summed E-state index contributed by atoms with van der Waals surface area (Å²) < 4.78 is 26.5. The van der Waals surface area contributed by atoms with Crippen LogP contribution < -0.4 is 9.62 Å². The number of amides is 2. The third kappa shape index (κ3) is 8.09. The molecule has 0 aromatic heterocycles. The van der Waals surface area contributed by atoms with Gasteiger partial charge in [0, 0.05) is 25.6 Å². The van der Waals surface area contributed by atoms with Crippen LogP contribution in [0.25, 0.3) is 0 Å². The molecule has 35 heavy (non-hydrogen) atoms. The molecule has 1 unspecified atom stereocenters. The van der Waals surface area contributed by atoms with Crippen molar-refractivity contribution in [1.29, 1.82) is 0 Å². The fraction of sp³-hybridized carbons (Fsp3) is 0.481. The summed E-state index contributed by atoms with van der Waals surface area (Å²) in [5.41, 5.74) is 4.57. The van der Waals surface area contributed by atoms with Gasteiger partial charge in [0.15, 0.2) is 0 Å². The van der Waals surface area contributed by atoms with Crippen LogP contribution in [0.4, 0.5) is 5.69 Å². The highest BCUT2D eigenvalue weighted by molar-refractivity contribution is 7.92. The molecule has 0 saturated heterocycles. The molecule has 0 spiro atoms. The van der Waals surface area contributed by atoms with Gasteiger partial charge < -0.3 is 10.2 Å². The van der Waals surface area contributed by atoms with E-state index in [0.29, 0.717) is 18.7 Å². The zero-order valence-electron chi connectivity index (χ0n) is 22.0. The highest BCUT2D eigenvalue weighted by Gasteiger charge is 2.27.